The fraction of sp³-hybridized carbons (Fsp3) is 0.600. The molecule has 0 aliphatic carbocycles. The zero-order valence-electron chi connectivity index (χ0n) is 9.63. The average Bonchev–Trinajstić information content (AvgIpc) is 2.83. The van der Waals surface area contributed by atoms with E-state index in [-0.39, 0.29) is 18.4 Å². The van der Waals surface area contributed by atoms with Crippen LogP contribution in [0.25, 0.3) is 0 Å². The lowest BCUT2D eigenvalue weighted by molar-refractivity contribution is 0.297. The number of hydrogen-bond acceptors (Lipinski definition) is 4. The number of nitrogens with zero attached hydrogens (tertiary/aromatic N) is 1. The zero-order chi connectivity index (χ0) is 11.6. The van der Waals surface area contributed by atoms with Gasteiger partial charge in [0.15, 0.2) is 0 Å². The summed E-state index contributed by atoms with van der Waals surface area (Å²) in [4.78, 5) is 0. The van der Waals surface area contributed by atoms with E-state index in [9.17, 15) is 8.42 Å². The molecule has 4 nitrogen and oxygen atoms in total. The Morgan fingerprint density at radius 1 is 1.41 bits per heavy atom. The number of nitrogens with one attached hydrogen (secondary N) is 1. The van der Waals surface area contributed by atoms with Crippen molar-refractivity contribution in [1.29, 1.82) is 0 Å². The van der Waals surface area contributed by atoms with Crippen LogP contribution in [0.15, 0.2) is 21.7 Å². The van der Waals surface area contributed by atoms with E-state index in [1.807, 2.05) is 0 Å². The molecule has 0 saturated carbocycles. The van der Waals surface area contributed by atoms with E-state index in [2.05, 4.69) is 5.32 Å². The Morgan fingerprint density at radius 2 is 2.06 bits per heavy atom. The highest BCUT2D eigenvalue weighted by Gasteiger charge is 2.29. The van der Waals surface area contributed by atoms with Gasteiger partial charge in [0, 0.05) is 13.1 Å². The maximum Gasteiger partial charge on any atom is 0.252 e. The van der Waals surface area contributed by atoms with Gasteiger partial charge in [0.25, 0.3) is 10.0 Å². The quantitative estimate of drug-likeness (QED) is 0.920. The SMILES string of the molecule is CN(C1CCNCC1)S(=O)(=O)c1cccs1.Cl. The van der Waals surface area contributed by atoms with Gasteiger partial charge in [-0.05, 0) is 37.4 Å². The molecule has 1 aliphatic rings. The molecule has 7 heteroatoms. The molecule has 0 bridgehead atoms. The molecule has 0 unspecified atom stereocenters. The molecule has 98 valence electrons. The molecular weight excluding hydrogens is 280 g/mol. The van der Waals surface area contributed by atoms with E-state index in [1.165, 1.54) is 15.6 Å². The minimum Gasteiger partial charge on any atom is -0.317 e. The standard InChI is InChI=1S/C10H16N2O2S2.ClH/c1-12(9-4-6-11-7-5-9)16(13,14)10-3-2-8-15-10;/h2-3,8-9,11H,4-7H2,1H3;1H. The average molecular weight is 297 g/mol. The van der Waals surface area contributed by atoms with E-state index >= 15 is 0 Å². The topological polar surface area (TPSA) is 49.4 Å². The number of thiophene rings is 1. The van der Waals surface area contributed by atoms with Gasteiger partial charge in [0.2, 0.25) is 0 Å². The van der Waals surface area contributed by atoms with E-state index < -0.39 is 10.0 Å². The van der Waals surface area contributed by atoms with Gasteiger partial charge in [-0.3, -0.25) is 0 Å². The number of rotatable bonds is 3. The highest BCUT2D eigenvalue weighted by molar-refractivity contribution is 7.91. The molecule has 1 saturated heterocycles. The third-order valence-electron chi connectivity index (χ3n) is 2.95. The molecule has 0 radical (unpaired) electrons. The summed E-state index contributed by atoms with van der Waals surface area (Å²) in [6.07, 6.45) is 1.78. The van der Waals surface area contributed by atoms with Crippen molar-refractivity contribution in [2.45, 2.75) is 23.1 Å². The number of hydrogen-bond donors (Lipinski definition) is 1. The third kappa shape index (κ3) is 3.20. The van der Waals surface area contributed by atoms with Crippen LogP contribution >= 0.6 is 23.7 Å². The molecule has 1 N–H and O–H groups in total. The van der Waals surface area contributed by atoms with Crippen LogP contribution in [0.3, 0.4) is 0 Å². The van der Waals surface area contributed by atoms with Crippen molar-refractivity contribution in [3.8, 4) is 0 Å². The molecular formula is C10H17ClN2O2S2. The number of sulfonamides is 1. The van der Waals surface area contributed by atoms with E-state index in [0.717, 1.165) is 25.9 Å². The van der Waals surface area contributed by atoms with Crippen molar-refractivity contribution in [2.24, 2.45) is 0 Å². The van der Waals surface area contributed by atoms with Crippen LogP contribution in [0.1, 0.15) is 12.8 Å². The zero-order valence-corrected chi connectivity index (χ0v) is 12.1. The summed E-state index contributed by atoms with van der Waals surface area (Å²) in [6.45, 7) is 1.80. The normalized spacial score (nSPS) is 18.0. The van der Waals surface area contributed by atoms with Gasteiger partial charge in [-0.25, -0.2) is 8.42 Å². The summed E-state index contributed by atoms with van der Waals surface area (Å²) >= 11 is 1.28. The maximum atomic E-state index is 12.2. The highest BCUT2D eigenvalue weighted by atomic mass is 35.5. The summed E-state index contributed by atoms with van der Waals surface area (Å²) in [5.74, 6) is 0. The molecule has 0 spiro atoms. The molecule has 0 amide bonds. The summed E-state index contributed by atoms with van der Waals surface area (Å²) in [7, 11) is -1.59. The minimum absolute atomic E-state index is 0. The molecule has 2 rings (SSSR count). The van der Waals surface area contributed by atoms with Gasteiger partial charge < -0.3 is 5.32 Å². The van der Waals surface area contributed by atoms with Crippen molar-refractivity contribution >= 4 is 33.8 Å². The van der Waals surface area contributed by atoms with Gasteiger partial charge >= 0.3 is 0 Å². The van der Waals surface area contributed by atoms with Crippen LogP contribution in [0.2, 0.25) is 0 Å². The Morgan fingerprint density at radius 3 is 2.59 bits per heavy atom. The van der Waals surface area contributed by atoms with E-state index in [4.69, 9.17) is 0 Å². The second kappa shape index (κ2) is 6.15. The van der Waals surface area contributed by atoms with Gasteiger partial charge in [0.05, 0.1) is 0 Å². The van der Waals surface area contributed by atoms with Crippen LogP contribution in [0.5, 0.6) is 0 Å². The fourth-order valence-corrected chi connectivity index (χ4v) is 4.51. The Balaban J connectivity index is 0.00000144. The van der Waals surface area contributed by atoms with Crippen LogP contribution in [0, 0.1) is 0 Å². The number of halogens is 1. The molecule has 1 aliphatic heterocycles. The lowest BCUT2D eigenvalue weighted by Crippen LogP contribution is -2.43. The van der Waals surface area contributed by atoms with Gasteiger partial charge in [-0.15, -0.1) is 23.7 Å². The molecule has 2 heterocycles. The van der Waals surface area contributed by atoms with Gasteiger partial charge in [0.1, 0.15) is 4.21 Å². The van der Waals surface area contributed by atoms with Gasteiger partial charge in [-0.2, -0.15) is 4.31 Å². The summed E-state index contributed by atoms with van der Waals surface area (Å²) in [6, 6.07) is 3.57. The first kappa shape index (κ1) is 14.9. The summed E-state index contributed by atoms with van der Waals surface area (Å²) < 4.78 is 26.4. The third-order valence-corrected chi connectivity index (χ3v) is 6.23. The fourth-order valence-electron chi connectivity index (χ4n) is 1.92. The predicted octanol–water partition coefficient (Wildman–Crippen LogP) is 1.54. The smallest absolute Gasteiger partial charge is 0.252 e. The van der Waals surface area contributed by atoms with Crippen molar-refractivity contribution in [2.75, 3.05) is 20.1 Å². The van der Waals surface area contributed by atoms with Crippen LogP contribution < -0.4 is 5.32 Å². The highest BCUT2D eigenvalue weighted by Crippen LogP contribution is 2.23. The second-order valence-corrected chi connectivity index (χ2v) is 7.11. The Labute approximate surface area is 112 Å². The Bertz CT molecular complexity index is 427. The largest absolute Gasteiger partial charge is 0.317 e. The van der Waals surface area contributed by atoms with E-state index in [0.29, 0.717) is 4.21 Å². The molecule has 0 aromatic carbocycles. The molecule has 1 aromatic heterocycles. The van der Waals surface area contributed by atoms with Crippen molar-refractivity contribution < 1.29 is 8.42 Å². The van der Waals surface area contributed by atoms with Crippen LogP contribution in [-0.2, 0) is 10.0 Å². The van der Waals surface area contributed by atoms with E-state index in [1.54, 1.807) is 24.6 Å². The maximum absolute atomic E-state index is 12.2. The lowest BCUT2D eigenvalue weighted by atomic mass is 10.1. The van der Waals surface area contributed by atoms with Crippen LogP contribution in [-0.4, -0.2) is 38.9 Å². The predicted molar refractivity (Wildman–Crippen MR) is 72.4 cm³/mol. The molecule has 0 atom stereocenters. The Hall–Kier alpha value is -0.140. The van der Waals surface area contributed by atoms with Crippen molar-refractivity contribution in [3.05, 3.63) is 17.5 Å². The van der Waals surface area contributed by atoms with Crippen molar-refractivity contribution in [3.63, 3.8) is 0 Å². The minimum atomic E-state index is -3.27. The lowest BCUT2D eigenvalue weighted by Gasteiger charge is -2.30. The second-order valence-electron chi connectivity index (χ2n) is 3.93. The first-order chi connectivity index (χ1) is 7.62. The first-order valence-electron chi connectivity index (χ1n) is 5.34. The molecule has 17 heavy (non-hydrogen) atoms. The van der Waals surface area contributed by atoms with Crippen molar-refractivity contribution in [1.82, 2.24) is 9.62 Å². The summed E-state index contributed by atoms with van der Waals surface area (Å²) in [5.41, 5.74) is 0. The van der Waals surface area contributed by atoms with Crippen LogP contribution in [0.4, 0.5) is 0 Å². The Kier molecular flexibility index (Phi) is 5.40. The number of piperidine rings is 1. The summed E-state index contributed by atoms with van der Waals surface area (Å²) in [5, 5.41) is 5.03. The molecule has 1 aromatic rings. The molecule has 1 fully saturated rings. The van der Waals surface area contributed by atoms with Gasteiger partial charge in [-0.1, -0.05) is 6.07 Å². The monoisotopic (exact) mass is 296 g/mol. The first-order valence-corrected chi connectivity index (χ1v) is 7.66.